The van der Waals surface area contributed by atoms with E-state index in [-0.39, 0.29) is 15.2 Å². The number of halogens is 4. The quantitative estimate of drug-likeness (QED) is 0.472. The normalized spacial score (nSPS) is 11.7. The van der Waals surface area contributed by atoms with Gasteiger partial charge < -0.3 is 5.32 Å². The molecular formula is C13H14BrClF2NOP. The van der Waals surface area contributed by atoms with Gasteiger partial charge in [0.15, 0.2) is 11.6 Å². The number of allylic oxidation sites excluding steroid dienone is 1. The zero-order chi connectivity index (χ0) is 15.4. The summed E-state index contributed by atoms with van der Waals surface area (Å²) in [5.41, 5.74) is -0.0167. The van der Waals surface area contributed by atoms with Crippen LogP contribution in [-0.2, 0) is 0 Å². The van der Waals surface area contributed by atoms with Crippen molar-refractivity contribution in [2.75, 3.05) is 0 Å². The predicted molar refractivity (Wildman–Crippen MR) is 84.4 cm³/mol. The summed E-state index contributed by atoms with van der Waals surface area (Å²) in [6, 6.07) is 0. The van der Waals surface area contributed by atoms with Crippen molar-refractivity contribution in [3.8, 4) is 0 Å². The summed E-state index contributed by atoms with van der Waals surface area (Å²) in [6.07, 6.45) is 3.16. The lowest BCUT2D eigenvalue weighted by Crippen LogP contribution is -2.26. The molecule has 1 atom stereocenters. The molecule has 0 fully saturated rings. The molecule has 1 aromatic carbocycles. The van der Waals surface area contributed by atoms with Gasteiger partial charge in [-0.15, -0.1) is 9.24 Å². The second-order valence-corrected chi connectivity index (χ2v) is 5.93. The first kappa shape index (κ1) is 17.5. The molecule has 0 radical (unpaired) electrons. The molecule has 0 aliphatic carbocycles. The van der Waals surface area contributed by atoms with E-state index in [2.05, 4.69) is 30.5 Å². The van der Waals surface area contributed by atoms with E-state index in [4.69, 9.17) is 11.6 Å². The van der Waals surface area contributed by atoms with Crippen LogP contribution in [0.4, 0.5) is 8.78 Å². The molecule has 1 rings (SSSR count). The standard InChI is InChI=1S/C13H14BrClF2NOP/c1-3-4-5-7(15)18-13(19)8-6(2)12(20)9(14)11(17)10(8)16/h5H,3-4,20H2,1-2H3,(H,18,19)/b7-5+. The fourth-order valence-electron chi connectivity index (χ4n) is 1.55. The molecule has 0 saturated carbocycles. The van der Waals surface area contributed by atoms with Gasteiger partial charge in [-0.25, -0.2) is 8.78 Å². The third-order valence-corrected chi connectivity index (χ3v) is 4.86. The lowest BCUT2D eigenvalue weighted by atomic mass is 10.1. The number of carbonyl (C=O) groups is 1. The summed E-state index contributed by atoms with van der Waals surface area (Å²) in [7, 11) is 2.27. The van der Waals surface area contributed by atoms with Gasteiger partial charge in [0, 0.05) is 0 Å². The van der Waals surface area contributed by atoms with E-state index in [1.54, 1.807) is 6.08 Å². The number of nitrogens with one attached hydrogen (secondary N) is 1. The van der Waals surface area contributed by atoms with Crippen LogP contribution in [0.2, 0.25) is 0 Å². The van der Waals surface area contributed by atoms with Crippen LogP contribution >= 0.6 is 36.8 Å². The van der Waals surface area contributed by atoms with E-state index in [0.717, 1.165) is 6.42 Å². The second-order valence-electron chi connectivity index (χ2n) is 4.15. The number of carbonyl (C=O) groups excluding carboxylic acids is 1. The molecule has 7 heteroatoms. The Morgan fingerprint density at radius 2 is 2.05 bits per heavy atom. The van der Waals surface area contributed by atoms with Crippen molar-refractivity contribution >= 4 is 48.0 Å². The van der Waals surface area contributed by atoms with Crippen LogP contribution in [0.25, 0.3) is 0 Å². The van der Waals surface area contributed by atoms with Crippen LogP contribution in [0.5, 0.6) is 0 Å². The molecule has 1 amide bonds. The van der Waals surface area contributed by atoms with Gasteiger partial charge in [-0.1, -0.05) is 24.9 Å². The predicted octanol–water partition coefficient (Wildman–Crippen LogP) is 4.15. The zero-order valence-electron chi connectivity index (χ0n) is 11.0. The Kier molecular flexibility index (Phi) is 6.56. The van der Waals surface area contributed by atoms with Gasteiger partial charge >= 0.3 is 0 Å². The average molecular weight is 385 g/mol. The smallest absolute Gasteiger partial charge is 0.259 e. The van der Waals surface area contributed by atoms with Gasteiger partial charge in [0.05, 0.1) is 10.0 Å². The molecular weight excluding hydrogens is 370 g/mol. The topological polar surface area (TPSA) is 29.1 Å². The van der Waals surface area contributed by atoms with E-state index >= 15 is 0 Å². The number of hydrogen-bond acceptors (Lipinski definition) is 1. The molecule has 1 unspecified atom stereocenters. The highest BCUT2D eigenvalue weighted by atomic mass is 79.9. The Morgan fingerprint density at radius 1 is 1.45 bits per heavy atom. The van der Waals surface area contributed by atoms with E-state index in [9.17, 15) is 13.6 Å². The van der Waals surface area contributed by atoms with Crippen molar-refractivity contribution in [1.82, 2.24) is 5.32 Å². The Bertz CT molecular complexity index is 549. The van der Waals surface area contributed by atoms with Gasteiger partial charge in [0.1, 0.15) is 5.16 Å². The van der Waals surface area contributed by atoms with E-state index in [1.165, 1.54) is 6.92 Å². The molecule has 0 spiro atoms. The Morgan fingerprint density at radius 3 is 2.60 bits per heavy atom. The highest BCUT2D eigenvalue weighted by Gasteiger charge is 2.24. The maximum Gasteiger partial charge on any atom is 0.259 e. The summed E-state index contributed by atoms with van der Waals surface area (Å²) in [6.45, 7) is 3.49. The first-order valence-corrected chi connectivity index (χ1v) is 7.65. The van der Waals surface area contributed by atoms with E-state index in [1.807, 2.05) is 6.92 Å². The third-order valence-electron chi connectivity index (χ3n) is 2.69. The monoisotopic (exact) mass is 383 g/mol. The maximum atomic E-state index is 13.9. The highest BCUT2D eigenvalue weighted by Crippen LogP contribution is 2.25. The maximum absolute atomic E-state index is 13.9. The van der Waals surface area contributed by atoms with Crippen molar-refractivity contribution in [3.63, 3.8) is 0 Å². The minimum atomic E-state index is -1.20. The first-order valence-electron chi connectivity index (χ1n) is 5.90. The molecule has 1 aromatic rings. The summed E-state index contributed by atoms with van der Waals surface area (Å²) in [4.78, 5) is 12.0. The van der Waals surface area contributed by atoms with Gasteiger partial charge in [0.2, 0.25) is 0 Å². The largest absolute Gasteiger partial charge is 0.313 e. The van der Waals surface area contributed by atoms with Gasteiger partial charge in [-0.2, -0.15) is 0 Å². The average Bonchev–Trinajstić information content (AvgIpc) is 2.40. The molecule has 0 aromatic heterocycles. The van der Waals surface area contributed by atoms with Crippen molar-refractivity contribution < 1.29 is 13.6 Å². The fraction of sp³-hybridized carbons (Fsp3) is 0.308. The summed E-state index contributed by atoms with van der Waals surface area (Å²) in [5.74, 6) is -3.06. The SMILES string of the molecule is CCC/C=C(\Cl)NC(=O)c1c(C)c(P)c(Br)c(F)c1F. The first-order chi connectivity index (χ1) is 9.31. The van der Waals surface area contributed by atoms with Gasteiger partial charge in [0.25, 0.3) is 5.91 Å². The molecule has 110 valence electrons. The van der Waals surface area contributed by atoms with Crippen LogP contribution in [0, 0.1) is 18.6 Å². The van der Waals surface area contributed by atoms with Crippen LogP contribution in [0.1, 0.15) is 35.7 Å². The number of rotatable bonds is 4. The Hall–Kier alpha value is -0.510. The van der Waals surface area contributed by atoms with Gasteiger partial charge in [-0.3, -0.25) is 4.79 Å². The molecule has 0 aliphatic rings. The number of benzene rings is 1. The van der Waals surface area contributed by atoms with Crippen molar-refractivity contribution in [1.29, 1.82) is 0 Å². The third kappa shape index (κ3) is 3.78. The second kappa shape index (κ2) is 7.48. The highest BCUT2D eigenvalue weighted by molar-refractivity contribution is 9.10. The van der Waals surface area contributed by atoms with Gasteiger partial charge in [-0.05, 0) is 46.2 Å². The number of unbranched alkanes of at least 4 members (excludes halogenated alkanes) is 1. The minimum absolute atomic E-state index is 0.0123. The number of hydrogen-bond donors (Lipinski definition) is 1. The summed E-state index contributed by atoms with van der Waals surface area (Å²) in [5, 5.41) is 2.84. The molecule has 20 heavy (non-hydrogen) atoms. The van der Waals surface area contributed by atoms with Crippen LogP contribution in [0.15, 0.2) is 15.7 Å². The molecule has 0 saturated heterocycles. The summed E-state index contributed by atoms with van der Waals surface area (Å²) >= 11 is 8.76. The van der Waals surface area contributed by atoms with Crippen LogP contribution in [0.3, 0.4) is 0 Å². The molecule has 0 aliphatic heterocycles. The molecule has 1 N–H and O–H groups in total. The van der Waals surface area contributed by atoms with Crippen LogP contribution in [-0.4, -0.2) is 5.91 Å². The Balaban J connectivity index is 3.18. The van der Waals surface area contributed by atoms with Crippen molar-refractivity contribution in [2.24, 2.45) is 0 Å². The number of amides is 1. The zero-order valence-corrected chi connectivity index (χ0v) is 14.5. The van der Waals surface area contributed by atoms with Crippen molar-refractivity contribution in [3.05, 3.63) is 38.5 Å². The van der Waals surface area contributed by atoms with Crippen molar-refractivity contribution in [2.45, 2.75) is 26.7 Å². The Labute approximate surface area is 132 Å². The molecule has 0 heterocycles. The minimum Gasteiger partial charge on any atom is -0.313 e. The lowest BCUT2D eigenvalue weighted by molar-refractivity contribution is 0.0963. The fourth-order valence-corrected chi connectivity index (χ4v) is 2.49. The molecule has 0 bridgehead atoms. The lowest BCUT2D eigenvalue weighted by Gasteiger charge is -2.13. The van der Waals surface area contributed by atoms with Crippen LogP contribution < -0.4 is 10.6 Å². The summed E-state index contributed by atoms with van der Waals surface area (Å²) < 4.78 is 27.6. The van der Waals surface area contributed by atoms with E-state index < -0.39 is 17.5 Å². The van der Waals surface area contributed by atoms with E-state index in [0.29, 0.717) is 17.3 Å². The molecule has 2 nitrogen and oxygen atoms in total.